The molecule has 0 saturated heterocycles. The van der Waals surface area contributed by atoms with E-state index in [1.54, 1.807) is 43.5 Å². The van der Waals surface area contributed by atoms with E-state index < -0.39 is 6.03 Å². The van der Waals surface area contributed by atoms with Gasteiger partial charge >= 0.3 is 6.03 Å². The molecule has 0 aliphatic heterocycles. The summed E-state index contributed by atoms with van der Waals surface area (Å²) in [7, 11) is 6.06. The summed E-state index contributed by atoms with van der Waals surface area (Å²) in [6.45, 7) is 0.165. The van der Waals surface area contributed by atoms with Gasteiger partial charge in [0.05, 0.1) is 28.4 Å². The molecular weight excluding hydrogens is 378 g/mol. The number of hydrogen-bond acceptors (Lipinski definition) is 6. The molecule has 3 N–H and O–H groups in total. The number of urea groups is 1. The van der Waals surface area contributed by atoms with E-state index in [0.29, 0.717) is 34.4 Å². The quantitative estimate of drug-likeness (QED) is 0.594. The molecule has 0 saturated carbocycles. The average molecular weight is 403 g/mol. The van der Waals surface area contributed by atoms with Crippen LogP contribution in [0.4, 0.5) is 16.2 Å². The molecule has 0 bridgehead atoms. The molecule has 0 fully saturated rings. The molecule has 0 unspecified atom stereocenters. The predicted octanol–water partition coefficient (Wildman–Crippen LogP) is 2.87. The highest BCUT2D eigenvalue weighted by molar-refractivity contribution is 5.93. The van der Waals surface area contributed by atoms with Crippen LogP contribution < -0.4 is 34.9 Å². The minimum Gasteiger partial charge on any atom is -0.497 e. The highest BCUT2D eigenvalue weighted by Gasteiger charge is 2.14. The molecule has 9 nitrogen and oxygen atoms in total. The van der Waals surface area contributed by atoms with Crippen LogP contribution in [-0.2, 0) is 4.79 Å². The van der Waals surface area contributed by atoms with Crippen LogP contribution in [0.5, 0.6) is 23.0 Å². The summed E-state index contributed by atoms with van der Waals surface area (Å²) in [5.74, 6) is 1.71. The summed E-state index contributed by atoms with van der Waals surface area (Å²) < 4.78 is 20.8. The third-order valence-corrected chi connectivity index (χ3v) is 3.93. The van der Waals surface area contributed by atoms with Gasteiger partial charge in [0, 0.05) is 36.5 Å². The van der Waals surface area contributed by atoms with Crippen molar-refractivity contribution in [3.63, 3.8) is 0 Å². The third-order valence-electron chi connectivity index (χ3n) is 3.93. The SMILES string of the molecule is COc1ccc(NC(=O)NCCC(=O)Nc2cc(OC)c(OC)c(OC)c2)cc1. The van der Waals surface area contributed by atoms with Gasteiger partial charge in [-0.2, -0.15) is 0 Å². The van der Waals surface area contributed by atoms with Crippen LogP contribution in [0.15, 0.2) is 36.4 Å². The van der Waals surface area contributed by atoms with Gasteiger partial charge in [0.1, 0.15) is 5.75 Å². The highest BCUT2D eigenvalue weighted by atomic mass is 16.5. The van der Waals surface area contributed by atoms with Crippen molar-refractivity contribution in [2.75, 3.05) is 45.6 Å². The van der Waals surface area contributed by atoms with Crippen molar-refractivity contribution in [2.45, 2.75) is 6.42 Å². The second-order valence-corrected chi connectivity index (χ2v) is 5.82. The first-order valence-electron chi connectivity index (χ1n) is 8.79. The lowest BCUT2D eigenvalue weighted by molar-refractivity contribution is -0.116. The van der Waals surface area contributed by atoms with Gasteiger partial charge in [-0.05, 0) is 24.3 Å². The molecule has 9 heteroatoms. The van der Waals surface area contributed by atoms with Crippen LogP contribution in [0.3, 0.4) is 0 Å². The predicted molar refractivity (Wildman–Crippen MR) is 109 cm³/mol. The van der Waals surface area contributed by atoms with E-state index in [0.717, 1.165) is 0 Å². The van der Waals surface area contributed by atoms with E-state index in [9.17, 15) is 9.59 Å². The van der Waals surface area contributed by atoms with Gasteiger partial charge in [0.15, 0.2) is 11.5 Å². The number of nitrogens with one attached hydrogen (secondary N) is 3. The lowest BCUT2D eigenvalue weighted by Crippen LogP contribution is -2.31. The maximum absolute atomic E-state index is 12.2. The lowest BCUT2D eigenvalue weighted by Gasteiger charge is -2.14. The number of ether oxygens (including phenoxy) is 4. The van der Waals surface area contributed by atoms with Gasteiger partial charge in [-0.3, -0.25) is 4.79 Å². The molecule has 0 atom stereocenters. The van der Waals surface area contributed by atoms with E-state index in [-0.39, 0.29) is 18.9 Å². The highest BCUT2D eigenvalue weighted by Crippen LogP contribution is 2.39. The molecule has 29 heavy (non-hydrogen) atoms. The maximum atomic E-state index is 12.2. The van der Waals surface area contributed by atoms with Gasteiger partial charge in [0.25, 0.3) is 0 Å². The fourth-order valence-electron chi connectivity index (χ4n) is 2.52. The van der Waals surface area contributed by atoms with E-state index in [1.807, 2.05) is 0 Å². The smallest absolute Gasteiger partial charge is 0.319 e. The van der Waals surface area contributed by atoms with Crippen molar-refractivity contribution < 1.29 is 28.5 Å². The van der Waals surface area contributed by atoms with Crippen LogP contribution in [0.2, 0.25) is 0 Å². The van der Waals surface area contributed by atoms with Gasteiger partial charge in [-0.15, -0.1) is 0 Å². The van der Waals surface area contributed by atoms with E-state index >= 15 is 0 Å². The minimum atomic E-state index is -0.407. The Kier molecular flexibility index (Phi) is 7.96. The summed E-state index contributed by atoms with van der Waals surface area (Å²) >= 11 is 0. The summed E-state index contributed by atoms with van der Waals surface area (Å²) in [5, 5.41) is 8.04. The molecule has 0 radical (unpaired) electrons. The Bertz CT molecular complexity index is 814. The maximum Gasteiger partial charge on any atom is 0.319 e. The van der Waals surface area contributed by atoms with Crippen LogP contribution >= 0.6 is 0 Å². The molecule has 2 rings (SSSR count). The molecule has 156 valence electrons. The van der Waals surface area contributed by atoms with Crippen LogP contribution in [-0.4, -0.2) is 46.9 Å². The number of anilines is 2. The second-order valence-electron chi connectivity index (χ2n) is 5.82. The fraction of sp³-hybridized carbons (Fsp3) is 0.300. The zero-order valence-electron chi connectivity index (χ0n) is 16.8. The largest absolute Gasteiger partial charge is 0.497 e. The molecule has 2 aromatic carbocycles. The van der Waals surface area contributed by atoms with Crippen molar-refractivity contribution in [3.05, 3.63) is 36.4 Å². The van der Waals surface area contributed by atoms with Crippen LogP contribution in [0, 0.1) is 0 Å². The number of benzene rings is 2. The monoisotopic (exact) mass is 403 g/mol. The first-order chi connectivity index (χ1) is 14.0. The zero-order chi connectivity index (χ0) is 21.2. The van der Waals surface area contributed by atoms with Crippen molar-refractivity contribution >= 4 is 23.3 Å². The first-order valence-corrected chi connectivity index (χ1v) is 8.79. The Labute approximate surface area is 169 Å². The molecule has 0 aliphatic carbocycles. The van der Waals surface area contributed by atoms with Crippen molar-refractivity contribution in [1.29, 1.82) is 0 Å². The number of carbonyl (C=O) groups is 2. The van der Waals surface area contributed by atoms with Gasteiger partial charge in [-0.25, -0.2) is 4.79 Å². The molecule has 0 aliphatic rings. The number of rotatable bonds is 9. The number of amides is 3. The standard InChI is InChI=1S/C20H25N3O6/c1-26-15-7-5-13(6-8-15)23-20(25)21-10-9-18(24)22-14-11-16(27-2)19(29-4)17(12-14)28-3/h5-8,11-12H,9-10H2,1-4H3,(H,22,24)(H2,21,23,25). The first kappa shape index (κ1) is 21.7. The van der Waals surface area contributed by atoms with Crippen molar-refractivity contribution in [2.24, 2.45) is 0 Å². The van der Waals surface area contributed by atoms with Crippen LogP contribution in [0.1, 0.15) is 6.42 Å². The topological polar surface area (TPSA) is 107 Å². The second kappa shape index (κ2) is 10.6. The zero-order valence-corrected chi connectivity index (χ0v) is 16.8. The van der Waals surface area contributed by atoms with Gasteiger partial charge in [0.2, 0.25) is 11.7 Å². The Hall–Kier alpha value is -3.62. The van der Waals surface area contributed by atoms with Crippen LogP contribution in [0.25, 0.3) is 0 Å². The van der Waals surface area contributed by atoms with Crippen molar-refractivity contribution in [3.8, 4) is 23.0 Å². The molecule has 0 aromatic heterocycles. The van der Waals surface area contributed by atoms with Gasteiger partial charge < -0.3 is 34.9 Å². The molecule has 2 aromatic rings. The summed E-state index contributed by atoms with van der Waals surface area (Å²) in [6.07, 6.45) is 0.0900. The molecule has 0 spiro atoms. The summed E-state index contributed by atoms with van der Waals surface area (Å²) in [6, 6.07) is 9.76. The number of methoxy groups -OCH3 is 4. The van der Waals surface area contributed by atoms with E-state index in [1.165, 1.54) is 21.3 Å². The molecular formula is C20H25N3O6. The lowest BCUT2D eigenvalue weighted by atomic mass is 10.2. The normalized spacial score (nSPS) is 9.93. The number of carbonyl (C=O) groups excluding carboxylic acids is 2. The summed E-state index contributed by atoms with van der Waals surface area (Å²) in [4.78, 5) is 24.1. The summed E-state index contributed by atoms with van der Waals surface area (Å²) in [5.41, 5.74) is 1.11. The average Bonchev–Trinajstić information content (AvgIpc) is 2.73. The molecule has 0 heterocycles. The fourth-order valence-corrected chi connectivity index (χ4v) is 2.52. The van der Waals surface area contributed by atoms with E-state index in [2.05, 4.69) is 16.0 Å². The Balaban J connectivity index is 1.84. The van der Waals surface area contributed by atoms with Gasteiger partial charge in [-0.1, -0.05) is 0 Å². The Morgan fingerprint density at radius 3 is 1.93 bits per heavy atom. The Morgan fingerprint density at radius 1 is 0.793 bits per heavy atom. The third kappa shape index (κ3) is 6.20. The van der Waals surface area contributed by atoms with E-state index in [4.69, 9.17) is 18.9 Å². The number of hydrogen-bond donors (Lipinski definition) is 3. The van der Waals surface area contributed by atoms with Crippen molar-refractivity contribution in [1.82, 2.24) is 5.32 Å². The minimum absolute atomic E-state index is 0.0900. The molecule has 3 amide bonds. The Morgan fingerprint density at radius 2 is 1.41 bits per heavy atom.